The average Bonchev–Trinajstić information content (AvgIpc) is 2.56. The van der Waals surface area contributed by atoms with E-state index >= 15 is 0 Å². The van der Waals surface area contributed by atoms with Gasteiger partial charge < -0.3 is 0 Å². The highest BCUT2D eigenvalue weighted by atomic mass is 79.9. The molecule has 0 saturated carbocycles. The molecule has 0 bridgehead atoms. The number of rotatable bonds is 8. The topological polar surface area (TPSA) is 34.1 Å². The van der Waals surface area contributed by atoms with Gasteiger partial charge in [-0.3, -0.25) is 0 Å². The van der Waals surface area contributed by atoms with E-state index in [2.05, 4.69) is 0 Å². The molecule has 0 fully saturated rings. The van der Waals surface area contributed by atoms with Gasteiger partial charge in [0.15, 0.2) is 0 Å². The first-order valence-corrected chi connectivity index (χ1v) is 10.2. The lowest BCUT2D eigenvalue weighted by Gasteiger charge is -2.44. The van der Waals surface area contributed by atoms with E-state index in [0.29, 0.717) is 14.8 Å². The van der Waals surface area contributed by atoms with Gasteiger partial charge in [0.2, 0.25) is 0 Å². The Morgan fingerprint density at radius 2 is 0.543 bits per heavy atom. The van der Waals surface area contributed by atoms with Crippen molar-refractivity contribution in [3.05, 3.63) is 0 Å². The molecule has 0 rings (SSSR count). The van der Waals surface area contributed by atoms with Crippen molar-refractivity contribution in [2.45, 2.75) is 58.8 Å². The van der Waals surface area contributed by atoms with E-state index in [9.17, 15) is 101 Å². The summed E-state index contributed by atoms with van der Waals surface area (Å²) in [6.45, 7) is 0. The van der Waals surface area contributed by atoms with E-state index in [4.69, 9.17) is 0 Å². The van der Waals surface area contributed by atoms with Crippen LogP contribution in [0.3, 0.4) is 0 Å². The number of hydrogen-bond acceptors (Lipinski definition) is 2. The summed E-state index contributed by atoms with van der Waals surface area (Å²) < 4.78 is 293. The summed E-state index contributed by atoms with van der Waals surface area (Å²) in [4.78, 5) is 0. The van der Waals surface area contributed by atoms with Crippen molar-refractivity contribution in [1.82, 2.24) is 0 Å². The lowest BCUT2D eigenvalue weighted by molar-refractivity contribution is -0.467. The molecule has 0 aliphatic rings. The first-order chi connectivity index (χ1) is 14.5. The molecule has 0 heterocycles. The fraction of sp³-hybridized carbons (Fsp3) is 1.00. The standard InChI is InChI=1S/C10BrF21O2S/c11-35(33,34)8(26,10(30,31)32)6(22,23)4(18,19)2(14,15)1(12,13)3(16,17)5(20,21)7(24,25)9(27,28)29. The Morgan fingerprint density at radius 1 is 0.343 bits per heavy atom. The molecular formula is C10BrF21O2S. The minimum Gasteiger partial charge on any atom is -0.213 e. The SMILES string of the molecule is O=S(=O)(Br)C(F)(C(F)(F)F)C(F)(F)C(F)(F)C(F)(F)C(F)(F)C(F)(F)C(F)(F)C(F)(F)C(F)(F)F. The fourth-order valence-corrected chi connectivity index (χ4v) is 3.71. The molecule has 0 saturated heterocycles. The van der Waals surface area contributed by atoms with Gasteiger partial charge in [-0.1, -0.05) is 0 Å². The summed E-state index contributed by atoms with van der Waals surface area (Å²) in [6.07, 6.45) is -16.1. The van der Waals surface area contributed by atoms with E-state index in [1.807, 2.05) is 0 Å². The summed E-state index contributed by atoms with van der Waals surface area (Å²) in [7, 11) is -7.77. The van der Waals surface area contributed by atoms with Crippen molar-refractivity contribution in [2.75, 3.05) is 0 Å². The van der Waals surface area contributed by atoms with Crippen LogP contribution in [0.2, 0.25) is 0 Å². The van der Waals surface area contributed by atoms with Crippen LogP contribution >= 0.6 is 14.8 Å². The summed E-state index contributed by atoms with van der Waals surface area (Å²) in [5.41, 5.74) is 0. The molecular weight excluding hydrogens is 663 g/mol. The highest BCUT2D eigenvalue weighted by molar-refractivity contribution is 9.47. The Morgan fingerprint density at radius 3 is 0.714 bits per heavy atom. The monoisotopic (exact) mass is 662 g/mol. The molecule has 0 amide bonds. The highest BCUT2D eigenvalue weighted by Gasteiger charge is 2.99. The van der Waals surface area contributed by atoms with Gasteiger partial charge in [-0.25, -0.2) is 12.8 Å². The summed E-state index contributed by atoms with van der Waals surface area (Å²) >= 11 is 0.341. The zero-order chi connectivity index (χ0) is 29.5. The quantitative estimate of drug-likeness (QED) is 0.208. The van der Waals surface area contributed by atoms with Gasteiger partial charge in [0.1, 0.15) is 0 Å². The third kappa shape index (κ3) is 3.99. The minimum atomic E-state index is -9.32. The van der Waals surface area contributed by atoms with Gasteiger partial charge in [-0.2, -0.15) is 87.8 Å². The molecule has 25 heteroatoms. The molecule has 0 aromatic heterocycles. The predicted molar refractivity (Wildman–Crippen MR) is 68.4 cm³/mol. The third-order valence-electron chi connectivity index (χ3n) is 3.83. The second-order valence-electron chi connectivity index (χ2n) is 6.05. The predicted octanol–water partition coefficient (Wildman–Crippen LogP) is 6.95. The molecule has 0 aromatic rings. The van der Waals surface area contributed by atoms with Crippen molar-refractivity contribution in [3.8, 4) is 0 Å². The van der Waals surface area contributed by atoms with Gasteiger partial charge in [0.05, 0.1) is 14.8 Å². The number of halogens is 22. The Hall–Kier alpha value is -1.04. The third-order valence-corrected chi connectivity index (χ3v) is 6.32. The van der Waals surface area contributed by atoms with Crippen molar-refractivity contribution in [3.63, 3.8) is 0 Å². The summed E-state index contributed by atoms with van der Waals surface area (Å²) in [6, 6.07) is 0. The van der Waals surface area contributed by atoms with Crippen LogP contribution in [-0.4, -0.2) is 67.2 Å². The summed E-state index contributed by atoms with van der Waals surface area (Å²) in [5, 5.41) is -8.16. The second-order valence-corrected chi connectivity index (χ2v) is 10.0. The maximum atomic E-state index is 13.7. The van der Waals surface area contributed by atoms with Gasteiger partial charge in [0.25, 0.3) is 8.27 Å². The van der Waals surface area contributed by atoms with Crippen LogP contribution in [0.1, 0.15) is 0 Å². The molecule has 1 unspecified atom stereocenters. The fourth-order valence-electron chi connectivity index (χ4n) is 1.84. The highest BCUT2D eigenvalue weighted by Crippen LogP contribution is 2.67. The van der Waals surface area contributed by atoms with Gasteiger partial charge in [-0.05, 0) is 0 Å². The average molecular weight is 663 g/mol. The van der Waals surface area contributed by atoms with E-state index in [0.717, 1.165) is 0 Å². The Balaban J connectivity index is 7.39. The van der Waals surface area contributed by atoms with Crippen molar-refractivity contribution in [1.29, 1.82) is 0 Å². The van der Waals surface area contributed by atoms with Crippen molar-refractivity contribution >= 4 is 23.1 Å². The van der Waals surface area contributed by atoms with Crippen molar-refractivity contribution < 1.29 is 101 Å². The molecule has 1 atom stereocenters. The van der Waals surface area contributed by atoms with E-state index in [1.165, 1.54) is 0 Å². The van der Waals surface area contributed by atoms with Crippen LogP contribution in [0, 0.1) is 0 Å². The Bertz CT molecular complexity index is 913. The molecule has 0 spiro atoms. The molecule has 0 aliphatic heterocycles. The van der Waals surface area contributed by atoms with Gasteiger partial charge in [0, 0.05) is 0 Å². The largest absolute Gasteiger partial charge is 0.460 e. The van der Waals surface area contributed by atoms with Crippen molar-refractivity contribution in [2.24, 2.45) is 0 Å². The maximum Gasteiger partial charge on any atom is 0.460 e. The minimum absolute atomic E-state index is 0.341. The zero-order valence-corrected chi connectivity index (χ0v) is 16.9. The first kappa shape index (κ1) is 34.0. The second kappa shape index (κ2) is 7.98. The molecule has 2 nitrogen and oxygen atoms in total. The van der Waals surface area contributed by atoms with Crippen LogP contribution in [0.25, 0.3) is 0 Å². The van der Waals surface area contributed by atoms with Gasteiger partial charge >= 0.3 is 58.8 Å². The lowest BCUT2D eigenvalue weighted by atomic mass is 9.87. The van der Waals surface area contributed by atoms with Crippen LogP contribution in [0.5, 0.6) is 0 Å². The molecule has 35 heavy (non-hydrogen) atoms. The van der Waals surface area contributed by atoms with Crippen LogP contribution in [0.4, 0.5) is 92.2 Å². The molecule has 0 aliphatic carbocycles. The smallest absolute Gasteiger partial charge is 0.213 e. The Kier molecular flexibility index (Phi) is 7.74. The molecule has 0 N–H and O–H groups in total. The van der Waals surface area contributed by atoms with Gasteiger partial charge in [-0.15, -0.1) is 0 Å². The molecule has 0 radical (unpaired) electrons. The zero-order valence-electron chi connectivity index (χ0n) is 14.5. The molecule has 212 valence electrons. The lowest BCUT2D eigenvalue weighted by Crippen LogP contribution is -2.77. The van der Waals surface area contributed by atoms with E-state index < -0.39 is 67.1 Å². The maximum absolute atomic E-state index is 13.7. The van der Waals surface area contributed by atoms with E-state index in [1.54, 1.807) is 0 Å². The van der Waals surface area contributed by atoms with Crippen LogP contribution in [0.15, 0.2) is 0 Å². The van der Waals surface area contributed by atoms with E-state index in [-0.39, 0.29) is 0 Å². The Labute approximate surface area is 183 Å². The number of hydrogen-bond donors (Lipinski definition) is 0. The van der Waals surface area contributed by atoms with Crippen LogP contribution in [-0.2, 0) is 8.27 Å². The normalized spacial score (nSPS) is 18.5. The molecule has 0 aromatic carbocycles. The summed E-state index contributed by atoms with van der Waals surface area (Å²) in [5.74, 6) is -63.4. The van der Waals surface area contributed by atoms with Crippen LogP contribution < -0.4 is 0 Å². The number of alkyl halides is 21. The first-order valence-electron chi connectivity index (χ1n) is 6.91.